The van der Waals surface area contributed by atoms with E-state index >= 15 is 0 Å². The Morgan fingerprint density at radius 1 is 1.19 bits per heavy atom. The third kappa shape index (κ3) is 2.78. The summed E-state index contributed by atoms with van der Waals surface area (Å²) < 4.78 is 0. The van der Waals surface area contributed by atoms with E-state index in [0.29, 0.717) is 17.1 Å². The van der Waals surface area contributed by atoms with Gasteiger partial charge < -0.3 is 10.0 Å². The Morgan fingerprint density at radius 3 is 2.52 bits per heavy atom. The molecule has 21 heavy (non-hydrogen) atoms. The Hall–Kier alpha value is -1.88. The largest absolute Gasteiger partial charge is 0.480 e. The molecule has 5 nitrogen and oxygen atoms in total. The number of hydrogen-bond donors (Lipinski definition) is 1. The highest BCUT2D eigenvalue weighted by Crippen LogP contribution is 2.30. The highest BCUT2D eigenvalue weighted by molar-refractivity contribution is 6.26. The quantitative estimate of drug-likeness (QED) is 0.809. The van der Waals surface area contributed by atoms with Gasteiger partial charge in [-0.2, -0.15) is 0 Å². The maximum Gasteiger partial charge on any atom is 0.322 e. The molecular formula is C15H17ClN2O3. The lowest BCUT2D eigenvalue weighted by molar-refractivity contribution is -0.138. The van der Waals surface area contributed by atoms with Crippen LogP contribution in [-0.2, 0) is 4.79 Å². The molecule has 0 spiro atoms. The Bertz CT molecular complexity index is 594. The van der Waals surface area contributed by atoms with Gasteiger partial charge in [-0.3, -0.25) is 9.59 Å². The van der Waals surface area contributed by atoms with Crippen molar-refractivity contribution in [2.75, 3.05) is 13.1 Å². The number of carboxylic acid groups (broad SMARTS) is 1. The first-order valence-corrected chi connectivity index (χ1v) is 6.88. The summed E-state index contributed by atoms with van der Waals surface area (Å²) in [6.07, 6.45) is 3.18. The van der Waals surface area contributed by atoms with Crippen LogP contribution in [0.2, 0.25) is 0 Å². The number of hydrogen-bond acceptors (Lipinski definition) is 4. The number of aliphatic imine (C=N–C) groups is 1. The van der Waals surface area contributed by atoms with Gasteiger partial charge in [0.2, 0.25) is 0 Å². The van der Waals surface area contributed by atoms with Crippen LogP contribution < -0.4 is 0 Å². The SMILES string of the molecule is Cl.O=C(O)C1C(=O)c2ccccc2N=C1N1CCCCC1. The Labute approximate surface area is 129 Å². The number of ketones is 1. The second-order valence-corrected chi connectivity index (χ2v) is 5.17. The van der Waals surface area contributed by atoms with Crippen molar-refractivity contribution in [2.24, 2.45) is 10.9 Å². The molecule has 0 radical (unpaired) electrons. The van der Waals surface area contributed by atoms with Gasteiger partial charge in [-0.05, 0) is 31.4 Å². The molecule has 3 rings (SSSR count). The van der Waals surface area contributed by atoms with Gasteiger partial charge in [0, 0.05) is 18.7 Å². The molecule has 2 aliphatic rings. The number of benzene rings is 1. The number of likely N-dealkylation sites (tertiary alicyclic amines) is 1. The average molecular weight is 309 g/mol. The number of piperidine rings is 1. The van der Waals surface area contributed by atoms with E-state index in [4.69, 9.17) is 0 Å². The van der Waals surface area contributed by atoms with Gasteiger partial charge in [0.1, 0.15) is 5.84 Å². The summed E-state index contributed by atoms with van der Waals surface area (Å²) >= 11 is 0. The van der Waals surface area contributed by atoms with Crippen LogP contribution in [0.1, 0.15) is 29.6 Å². The predicted octanol–water partition coefficient (Wildman–Crippen LogP) is 2.52. The third-order valence-corrected chi connectivity index (χ3v) is 3.85. The molecule has 1 fully saturated rings. The van der Waals surface area contributed by atoms with Crippen LogP contribution in [0.4, 0.5) is 5.69 Å². The molecule has 0 bridgehead atoms. The molecule has 1 aromatic carbocycles. The topological polar surface area (TPSA) is 70.0 Å². The zero-order valence-electron chi connectivity index (χ0n) is 11.5. The molecule has 1 unspecified atom stereocenters. The van der Waals surface area contributed by atoms with Gasteiger partial charge in [-0.15, -0.1) is 12.4 Å². The fourth-order valence-corrected chi connectivity index (χ4v) is 2.84. The van der Waals surface area contributed by atoms with Crippen molar-refractivity contribution < 1.29 is 14.7 Å². The molecular weight excluding hydrogens is 292 g/mol. The van der Waals surface area contributed by atoms with Crippen LogP contribution in [0.25, 0.3) is 0 Å². The van der Waals surface area contributed by atoms with Crippen LogP contribution >= 0.6 is 12.4 Å². The van der Waals surface area contributed by atoms with Crippen LogP contribution in [0, 0.1) is 5.92 Å². The second kappa shape index (κ2) is 6.26. The van der Waals surface area contributed by atoms with Gasteiger partial charge >= 0.3 is 5.97 Å². The zero-order chi connectivity index (χ0) is 14.1. The molecule has 0 amide bonds. The fourth-order valence-electron chi connectivity index (χ4n) is 2.84. The van der Waals surface area contributed by atoms with Gasteiger partial charge in [-0.1, -0.05) is 12.1 Å². The third-order valence-electron chi connectivity index (χ3n) is 3.85. The monoisotopic (exact) mass is 308 g/mol. The minimum atomic E-state index is -1.16. The van der Waals surface area contributed by atoms with Crippen LogP contribution in [-0.4, -0.2) is 40.7 Å². The summed E-state index contributed by atoms with van der Waals surface area (Å²) in [4.78, 5) is 30.3. The summed E-state index contributed by atoms with van der Waals surface area (Å²) in [6.45, 7) is 1.55. The van der Waals surface area contributed by atoms with E-state index in [1.54, 1.807) is 18.2 Å². The number of nitrogens with zero attached hydrogens (tertiary/aromatic N) is 2. The minimum absolute atomic E-state index is 0. The highest BCUT2D eigenvalue weighted by atomic mass is 35.5. The first kappa shape index (κ1) is 15.5. The number of fused-ring (bicyclic) bond motifs is 1. The zero-order valence-corrected chi connectivity index (χ0v) is 12.3. The molecule has 0 aliphatic carbocycles. The van der Waals surface area contributed by atoms with Gasteiger partial charge in [0.15, 0.2) is 11.7 Å². The Kier molecular flexibility index (Phi) is 4.63. The van der Waals surface area contributed by atoms with Gasteiger partial charge in [0.25, 0.3) is 0 Å². The number of para-hydroxylation sites is 1. The molecule has 1 atom stereocenters. The molecule has 6 heteroatoms. The van der Waals surface area contributed by atoms with Crippen molar-refractivity contribution >= 4 is 35.7 Å². The number of rotatable bonds is 1. The number of Topliss-reactive ketones (excluding diaryl/α,β-unsaturated/α-hetero) is 1. The number of aliphatic carboxylic acids is 1. The van der Waals surface area contributed by atoms with E-state index in [9.17, 15) is 14.7 Å². The summed E-state index contributed by atoms with van der Waals surface area (Å²) in [5.41, 5.74) is 0.983. The number of carboxylic acids is 1. The van der Waals surface area contributed by atoms with Crippen LogP contribution in [0.15, 0.2) is 29.3 Å². The van der Waals surface area contributed by atoms with E-state index in [-0.39, 0.29) is 18.2 Å². The smallest absolute Gasteiger partial charge is 0.322 e. The minimum Gasteiger partial charge on any atom is -0.480 e. The number of amidine groups is 1. The Morgan fingerprint density at radius 2 is 1.86 bits per heavy atom. The molecule has 1 aromatic rings. The van der Waals surface area contributed by atoms with E-state index in [1.807, 2.05) is 11.0 Å². The molecule has 1 N–H and O–H groups in total. The van der Waals surface area contributed by atoms with Crippen LogP contribution in [0.3, 0.4) is 0 Å². The van der Waals surface area contributed by atoms with Crippen molar-refractivity contribution in [3.05, 3.63) is 29.8 Å². The Balaban J connectivity index is 0.00000161. The van der Waals surface area contributed by atoms with Crippen LogP contribution in [0.5, 0.6) is 0 Å². The molecule has 2 aliphatic heterocycles. The van der Waals surface area contributed by atoms with Crippen molar-refractivity contribution in [2.45, 2.75) is 19.3 Å². The highest BCUT2D eigenvalue weighted by Gasteiger charge is 2.39. The summed E-state index contributed by atoms with van der Waals surface area (Å²) in [5.74, 6) is -2.23. The van der Waals surface area contributed by atoms with Gasteiger partial charge in [0.05, 0.1) is 5.69 Å². The first-order chi connectivity index (χ1) is 9.68. The lowest BCUT2D eigenvalue weighted by Gasteiger charge is -2.34. The number of carbonyl (C=O) groups excluding carboxylic acids is 1. The number of carbonyl (C=O) groups is 2. The summed E-state index contributed by atoms with van der Waals surface area (Å²) in [7, 11) is 0. The molecule has 0 saturated carbocycles. The van der Waals surface area contributed by atoms with Crippen molar-refractivity contribution in [3.8, 4) is 0 Å². The first-order valence-electron chi connectivity index (χ1n) is 6.88. The summed E-state index contributed by atoms with van der Waals surface area (Å²) in [6, 6.07) is 6.95. The predicted molar refractivity (Wildman–Crippen MR) is 81.7 cm³/mol. The van der Waals surface area contributed by atoms with E-state index in [0.717, 1.165) is 32.4 Å². The fraction of sp³-hybridized carbons (Fsp3) is 0.400. The van der Waals surface area contributed by atoms with Crippen molar-refractivity contribution in [1.29, 1.82) is 0 Å². The average Bonchev–Trinajstić information content (AvgIpc) is 2.47. The lowest BCUT2D eigenvalue weighted by atomic mass is 9.91. The molecule has 2 heterocycles. The second-order valence-electron chi connectivity index (χ2n) is 5.17. The normalized spacial score (nSPS) is 21.1. The van der Waals surface area contributed by atoms with E-state index < -0.39 is 11.9 Å². The summed E-state index contributed by atoms with van der Waals surface area (Å²) in [5, 5.41) is 9.41. The number of halogens is 1. The standard InChI is InChI=1S/C15H16N2O3.ClH/c18-13-10-6-2-3-7-11(10)16-14(12(13)15(19)20)17-8-4-1-5-9-17;/h2-3,6-7,12H,1,4-5,8-9H2,(H,19,20);1H. The van der Waals surface area contributed by atoms with Crippen molar-refractivity contribution in [1.82, 2.24) is 4.90 Å². The molecule has 112 valence electrons. The molecule has 0 aromatic heterocycles. The van der Waals surface area contributed by atoms with E-state index in [1.165, 1.54) is 0 Å². The maximum atomic E-state index is 12.4. The van der Waals surface area contributed by atoms with E-state index in [2.05, 4.69) is 4.99 Å². The van der Waals surface area contributed by atoms with Gasteiger partial charge in [-0.25, -0.2) is 4.99 Å². The van der Waals surface area contributed by atoms with Crippen molar-refractivity contribution in [3.63, 3.8) is 0 Å². The molecule has 1 saturated heterocycles. The lowest BCUT2D eigenvalue weighted by Crippen LogP contribution is -2.46. The maximum absolute atomic E-state index is 12.4.